The molecular formula is C20H27N3O. The lowest BCUT2D eigenvalue weighted by Gasteiger charge is -2.31. The zero-order valence-corrected chi connectivity index (χ0v) is 15.0. The normalized spacial score (nSPS) is 12.7. The molecule has 2 aromatic rings. The van der Waals surface area contributed by atoms with Crippen LogP contribution >= 0.6 is 0 Å². The van der Waals surface area contributed by atoms with E-state index in [9.17, 15) is 4.79 Å². The van der Waals surface area contributed by atoms with E-state index in [0.717, 1.165) is 11.3 Å². The van der Waals surface area contributed by atoms with Crippen LogP contribution in [0.5, 0.6) is 0 Å². The predicted octanol–water partition coefficient (Wildman–Crippen LogP) is 3.18. The average Bonchev–Trinajstić information content (AvgIpc) is 2.56. The van der Waals surface area contributed by atoms with Crippen LogP contribution in [0.2, 0.25) is 0 Å². The molecule has 1 amide bonds. The summed E-state index contributed by atoms with van der Waals surface area (Å²) < 4.78 is 0. The highest BCUT2D eigenvalue weighted by Gasteiger charge is 2.21. The molecule has 4 heteroatoms. The van der Waals surface area contributed by atoms with Gasteiger partial charge in [0.25, 0.3) is 0 Å². The Hall–Kier alpha value is -2.20. The summed E-state index contributed by atoms with van der Waals surface area (Å²) in [5.41, 5.74) is 2.93. The number of amides is 1. The molecule has 1 atom stereocenters. The van der Waals surface area contributed by atoms with E-state index >= 15 is 0 Å². The number of hydrogen-bond acceptors (Lipinski definition) is 3. The number of benzene rings is 1. The molecule has 128 valence electrons. The molecule has 0 radical (unpaired) electrons. The van der Waals surface area contributed by atoms with Gasteiger partial charge in [-0.2, -0.15) is 0 Å². The molecular weight excluding hydrogens is 298 g/mol. The van der Waals surface area contributed by atoms with E-state index in [1.54, 1.807) is 6.20 Å². The number of hydrogen-bond donors (Lipinski definition) is 2. The second kappa shape index (κ2) is 8.06. The Labute approximate surface area is 144 Å². The van der Waals surface area contributed by atoms with Crippen LogP contribution in [0.3, 0.4) is 0 Å². The van der Waals surface area contributed by atoms with Gasteiger partial charge in [-0.15, -0.1) is 0 Å². The topological polar surface area (TPSA) is 54.0 Å². The van der Waals surface area contributed by atoms with Crippen LogP contribution in [0, 0.1) is 6.92 Å². The average molecular weight is 325 g/mol. The Bertz CT molecular complexity index is 650. The zero-order chi connectivity index (χ0) is 17.6. The van der Waals surface area contributed by atoms with Crippen molar-refractivity contribution >= 4 is 5.91 Å². The molecule has 1 aromatic heterocycles. The number of aromatic nitrogens is 1. The summed E-state index contributed by atoms with van der Waals surface area (Å²) in [6.45, 7) is 8.84. The van der Waals surface area contributed by atoms with Gasteiger partial charge in [-0.1, -0.05) is 36.4 Å². The van der Waals surface area contributed by atoms with Gasteiger partial charge in [0, 0.05) is 30.0 Å². The monoisotopic (exact) mass is 325 g/mol. The second-order valence-electron chi connectivity index (χ2n) is 6.92. The minimum Gasteiger partial charge on any atom is -0.354 e. The molecule has 0 bridgehead atoms. The van der Waals surface area contributed by atoms with E-state index in [1.165, 1.54) is 5.56 Å². The largest absolute Gasteiger partial charge is 0.354 e. The number of pyridine rings is 1. The van der Waals surface area contributed by atoms with Gasteiger partial charge in [-0.25, -0.2) is 0 Å². The van der Waals surface area contributed by atoms with Crippen molar-refractivity contribution < 1.29 is 4.79 Å². The molecule has 1 heterocycles. The van der Waals surface area contributed by atoms with Gasteiger partial charge in [-0.3, -0.25) is 9.78 Å². The molecule has 24 heavy (non-hydrogen) atoms. The van der Waals surface area contributed by atoms with Gasteiger partial charge >= 0.3 is 0 Å². The molecule has 0 aliphatic heterocycles. The standard InChI is InChI=1S/C20H27N3O/c1-15-10-11-17(13-21-15)12-19(24)22-14-20(3,4)23-16(2)18-8-6-5-7-9-18/h5-11,13,16,23H,12,14H2,1-4H3,(H,22,24). The number of carbonyl (C=O) groups is 1. The van der Waals surface area contributed by atoms with Crippen molar-refractivity contribution in [2.45, 2.75) is 45.7 Å². The van der Waals surface area contributed by atoms with Gasteiger partial charge in [0.1, 0.15) is 0 Å². The van der Waals surface area contributed by atoms with Crippen molar-refractivity contribution in [2.24, 2.45) is 0 Å². The third kappa shape index (κ3) is 5.78. The number of rotatable bonds is 7. The summed E-state index contributed by atoms with van der Waals surface area (Å²) in [7, 11) is 0. The number of nitrogens with zero attached hydrogens (tertiary/aromatic N) is 1. The predicted molar refractivity (Wildman–Crippen MR) is 97.8 cm³/mol. The fourth-order valence-electron chi connectivity index (χ4n) is 2.63. The SMILES string of the molecule is Cc1ccc(CC(=O)NCC(C)(C)NC(C)c2ccccc2)cn1. The fraction of sp³-hybridized carbons (Fsp3) is 0.400. The Balaban J connectivity index is 1.83. The summed E-state index contributed by atoms with van der Waals surface area (Å²) in [6.07, 6.45) is 2.12. The number of carbonyl (C=O) groups excluding carboxylic acids is 1. The third-order valence-electron chi connectivity index (χ3n) is 3.97. The quantitative estimate of drug-likeness (QED) is 0.822. The fourth-order valence-corrected chi connectivity index (χ4v) is 2.63. The molecule has 0 saturated carbocycles. The lowest BCUT2D eigenvalue weighted by molar-refractivity contribution is -0.120. The minimum atomic E-state index is -0.198. The molecule has 0 aliphatic rings. The molecule has 1 unspecified atom stereocenters. The first-order chi connectivity index (χ1) is 11.4. The molecule has 0 spiro atoms. The summed E-state index contributed by atoms with van der Waals surface area (Å²) in [4.78, 5) is 16.4. The van der Waals surface area contributed by atoms with Crippen molar-refractivity contribution in [2.75, 3.05) is 6.54 Å². The summed E-state index contributed by atoms with van der Waals surface area (Å²) in [5.74, 6) is 0.0166. The van der Waals surface area contributed by atoms with E-state index in [2.05, 4.69) is 48.5 Å². The summed E-state index contributed by atoms with van der Waals surface area (Å²) in [5, 5.41) is 6.59. The zero-order valence-electron chi connectivity index (χ0n) is 15.0. The van der Waals surface area contributed by atoms with Gasteiger partial charge in [0.2, 0.25) is 5.91 Å². The van der Waals surface area contributed by atoms with Gasteiger partial charge < -0.3 is 10.6 Å². The summed E-state index contributed by atoms with van der Waals surface area (Å²) in [6, 6.07) is 14.4. The van der Waals surface area contributed by atoms with Crippen molar-refractivity contribution in [1.82, 2.24) is 15.6 Å². The van der Waals surface area contributed by atoms with Crippen molar-refractivity contribution in [3.05, 3.63) is 65.5 Å². The molecule has 2 N–H and O–H groups in total. The Morgan fingerprint density at radius 1 is 1.17 bits per heavy atom. The lowest BCUT2D eigenvalue weighted by atomic mass is 10.0. The maximum atomic E-state index is 12.1. The van der Waals surface area contributed by atoms with Crippen LogP contribution in [-0.4, -0.2) is 23.0 Å². The minimum absolute atomic E-state index is 0.0166. The molecule has 1 aromatic carbocycles. The van der Waals surface area contributed by atoms with Crippen molar-refractivity contribution in [3.8, 4) is 0 Å². The maximum Gasteiger partial charge on any atom is 0.224 e. The van der Waals surface area contributed by atoms with Gasteiger partial charge in [0.15, 0.2) is 0 Å². The first kappa shape index (κ1) is 18.1. The van der Waals surface area contributed by atoms with Crippen molar-refractivity contribution in [3.63, 3.8) is 0 Å². The van der Waals surface area contributed by atoms with E-state index < -0.39 is 0 Å². The van der Waals surface area contributed by atoms with E-state index in [1.807, 2.05) is 37.3 Å². The number of nitrogens with one attached hydrogen (secondary N) is 2. The second-order valence-corrected chi connectivity index (χ2v) is 6.92. The highest BCUT2D eigenvalue weighted by Crippen LogP contribution is 2.15. The lowest BCUT2D eigenvalue weighted by Crippen LogP contribution is -2.50. The van der Waals surface area contributed by atoms with Crippen LogP contribution < -0.4 is 10.6 Å². The van der Waals surface area contributed by atoms with Crippen LogP contribution in [0.25, 0.3) is 0 Å². The van der Waals surface area contributed by atoms with E-state index in [0.29, 0.717) is 13.0 Å². The molecule has 0 aliphatic carbocycles. The van der Waals surface area contributed by atoms with Gasteiger partial charge in [0.05, 0.1) is 6.42 Å². The first-order valence-corrected chi connectivity index (χ1v) is 8.36. The Morgan fingerprint density at radius 3 is 2.50 bits per heavy atom. The molecule has 0 fully saturated rings. The summed E-state index contributed by atoms with van der Waals surface area (Å²) >= 11 is 0. The third-order valence-corrected chi connectivity index (χ3v) is 3.97. The molecule has 2 rings (SSSR count). The maximum absolute atomic E-state index is 12.1. The van der Waals surface area contributed by atoms with Crippen LogP contribution in [0.4, 0.5) is 0 Å². The van der Waals surface area contributed by atoms with E-state index in [4.69, 9.17) is 0 Å². The smallest absolute Gasteiger partial charge is 0.224 e. The van der Waals surface area contributed by atoms with Crippen molar-refractivity contribution in [1.29, 1.82) is 0 Å². The van der Waals surface area contributed by atoms with Crippen LogP contribution in [0.1, 0.15) is 43.6 Å². The molecule has 4 nitrogen and oxygen atoms in total. The van der Waals surface area contributed by atoms with Crippen LogP contribution in [-0.2, 0) is 11.2 Å². The highest BCUT2D eigenvalue weighted by atomic mass is 16.1. The molecule has 0 saturated heterocycles. The Kier molecular flexibility index (Phi) is 6.10. The van der Waals surface area contributed by atoms with E-state index in [-0.39, 0.29) is 17.5 Å². The number of aryl methyl sites for hydroxylation is 1. The highest BCUT2D eigenvalue weighted by molar-refractivity contribution is 5.78. The first-order valence-electron chi connectivity index (χ1n) is 8.36. The Morgan fingerprint density at radius 2 is 1.88 bits per heavy atom. The van der Waals surface area contributed by atoms with Gasteiger partial charge in [-0.05, 0) is 44.9 Å². The van der Waals surface area contributed by atoms with Crippen LogP contribution in [0.15, 0.2) is 48.7 Å².